The molecule has 0 unspecified atom stereocenters. The number of nitrogen functional groups attached to an aromatic ring is 1. The van der Waals surface area contributed by atoms with Crippen LogP contribution in [0.4, 0.5) is 20.6 Å². The molecule has 4 nitrogen and oxygen atoms in total. The summed E-state index contributed by atoms with van der Waals surface area (Å²) in [5.74, 6) is -0.270. The Balaban J connectivity index is 1.76. The topological polar surface area (TPSA) is 67.1 Å². The Morgan fingerprint density at radius 3 is 2.60 bits per heavy atom. The molecular weight excluding hydrogens is 257 g/mol. The Bertz CT molecular complexity index is 584. The van der Waals surface area contributed by atoms with Crippen LogP contribution in [0.25, 0.3) is 0 Å². The van der Waals surface area contributed by atoms with Crippen LogP contribution in [0.15, 0.2) is 48.5 Å². The highest BCUT2D eigenvalue weighted by Crippen LogP contribution is 2.10. The van der Waals surface area contributed by atoms with Crippen LogP contribution in [0, 0.1) is 5.82 Å². The lowest BCUT2D eigenvalue weighted by Gasteiger charge is -2.08. The molecule has 20 heavy (non-hydrogen) atoms. The van der Waals surface area contributed by atoms with Gasteiger partial charge < -0.3 is 16.4 Å². The predicted octanol–water partition coefficient (Wildman–Crippen LogP) is 2.77. The molecule has 0 aromatic heterocycles. The van der Waals surface area contributed by atoms with E-state index in [0.717, 1.165) is 5.56 Å². The minimum atomic E-state index is -0.300. The van der Waals surface area contributed by atoms with E-state index >= 15 is 0 Å². The molecular formula is C15H16FN3O. The van der Waals surface area contributed by atoms with Crippen molar-refractivity contribution in [3.05, 3.63) is 59.9 Å². The van der Waals surface area contributed by atoms with E-state index in [9.17, 15) is 9.18 Å². The molecule has 0 radical (unpaired) electrons. The summed E-state index contributed by atoms with van der Waals surface area (Å²) in [4.78, 5) is 11.6. The fourth-order valence-corrected chi connectivity index (χ4v) is 1.75. The highest BCUT2D eigenvalue weighted by Gasteiger charge is 2.01. The molecule has 0 aliphatic heterocycles. The van der Waals surface area contributed by atoms with Gasteiger partial charge in [0.1, 0.15) is 5.82 Å². The number of hydrogen-bond donors (Lipinski definition) is 3. The number of halogens is 1. The van der Waals surface area contributed by atoms with E-state index in [-0.39, 0.29) is 11.8 Å². The Hall–Kier alpha value is -2.56. The first-order valence-corrected chi connectivity index (χ1v) is 6.28. The third kappa shape index (κ3) is 4.28. The van der Waals surface area contributed by atoms with Gasteiger partial charge in [-0.3, -0.25) is 0 Å². The highest BCUT2D eigenvalue weighted by atomic mass is 19.1. The zero-order chi connectivity index (χ0) is 14.4. The molecule has 4 N–H and O–H groups in total. The molecule has 2 aromatic rings. The molecule has 0 bridgehead atoms. The number of anilines is 2. The first-order chi connectivity index (χ1) is 9.63. The van der Waals surface area contributed by atoms with Gasteiger partial charge in [-0.2, -0.15) is 0 Å². The highest BCUT2D eigenvalue weighted by molar-refractivity contribution is 5.89. The van der Waals surface area contributed by atoms with Crippen molar-refractivity contribution in [2.75, 3.05) is 17.6 Å². The Kier molecular flexibility index (Phi) is 4.55. The number of nitrogens with two attached hydrogens (primary N) is 1. The van der Waals surface area contributed by atoms with Crippen molar-refractivity contribution in [3.63, 3.8) is 0 Å². The number of amides is 2. The van der Waals surface area contributed by atoms with Gasteiger partial charge >= 0.3 is 6.03 Å². The van der Waals surface area contributed by atoms with Gasteiger partial charge in [0.25, 0.3) is 0 Å². The number of carbonyl (C=O) groups is 1. The summed E-state index contributed by atoms with van der Waals surface area (Å²) in [7, 11) is 0. The standard InChI is InChI=1S/C15H16FN3O/c16-12-3-1-2-11(10-12)8-9-18-15(20)19-14-6-4-13(17)5-7-14/h1-7,10H,8-9,17H2,(H2,18,19,20). The molecule has 104 valence electrons. The van der Waals surface area contributed by atoms with Crippen LogP contribution < -0.4 is 16.4 Å². The second-order valence-corrected chi connectivity index (χ2v) is 4.38. The molecule has 2 amide bonds. The smallest absolute Gasteiger partial charge is 0.319 e. The first kappa shape index (κ1) is 13.9. The summed E-state index contributed by atoms with van der Waals surface area (Å²) < 4.78 is 13.0. The zero-order valence-corrected chi connectivity index (χ0v) is 10.9. The van der Waals surface area contributed by atoms with E-state index in [1.165, 1.54) is 12.1 Å². The quantitative estimate of drug-likeness (QED) is 0.750. The van der Waals surface area contributed by atoms with Gasteiger partial charge in [0.2, 0.25) is 0 Å². The van der Waals surface area contributed by atoms with Crippen LogP contribution in [0.2, 0.25) is 0 Å². The third-order valence-electron chi connectivity index (χ3n) is 2.76. The SMILES string of the molecule is Nc1ccc(NC(=O)NCCc2cccc(F)c2)cc1. The monoisotopic (exact) mass is 273 g/mol. The van der Waals surface area contributed by atoms with E-state index in [4.69, 9.17) is 5.73 Å². The lowest BCUT2D eigenvalue weighted by molar-refractivity contribution is 0.252. The van der Waals surface area contributed by atoms with Gasteiger partial charge in [-0.15, -0.1) is 0 Å². The molecule has 0 fully saturated rings. The summed E-state index contributed by atoms with van der Waals surface area (Å²) >= 11 is 0. The minimum Gasteiger partial charge on any atom is -0.399 e. The average Bonchev–Trinajstić information content (AvgIpc) is 2.41. The van der Waals surface area contributed by atoms with Gasteiger partial charge in [0, 0.05) is 17.9 Å². The largest absolute Gasteiger partial charge is 0.399 e. The molecule has 0 saturated heterocycles. The van der Waals surface area contributed by atoms with Crippen molar-refractivity contribution in [3.8, 4) is 0 Å². The van der Waals surface area contributed by atoms with Gasteiger partial charge in [-0.1, -0.05) is 12.1 Å². The van der Waals surface area contributed by atoms with Crippen molar-refractivity contribution in [2.24, 2.45) is 0 Å². The van der Waals surface area contributed by atoms with Crippen LogP contribution >= 0.6 is 0 Å². The van der Waals surface area contributed by atoms with Crippen molar-refractivity contribution in [1.82, 2.24) is 5.32 Å². The van der Waals surface area contributed by atoms with Crippen LogP contribution in [0.1, 0.15) is 5.56 Å². The summed E-state index contributed by atoms with van der Waals surface area (Å²) in [6.45, 7) is 0.435. The molecule has 2 aromatic carbocycles. The molecule has 0 aliphatic carbocycles. The van der Waals surface area contributed by atoms with Crippen molar-refractivity contribution < 1.29 is 9.18 Å². The van der Waals surface area contributed by atoms with Crippen LogP contribution in [-0.4, -0.2) is 12.6 Å². The predicted molar refractivity (Wildman–Crippen MR) is 78.0 cm³/mol. The molecule has 2 rings (SSSR count). The lowest BCUT2D eigenvalue weighted by Crippen LogP contribution is -2.30. The number of hydrogen-bond acceptors (Lipinski definition) is 2. The Labute approximate surface area is 116 Å². The fraction of sp³-hybridized carbons (Fsp3) is 0.133. The summed E-state index contributed by atoms with van der Waals surface area (Å²) in [6.07, 6.45) is 0.576. The Morgan fingerprint density at radius 2 is 1.90 bits per heavy atom. The molecule has 0 spiro atoms. The molecule has 0 aliphatic rings. The summed E-state index contributed by atoms with van der Waals surface area (Å²) in [5, 5.41) is 5.40. The van der Waals surface area contributed by atoms with Crippen molar-refractivity contribution >= 4 is 17.4 Å². The van der Waals surface area contributed by atoms with Crippen LogP contribution in [0.3, 0.4) is 0 Å². The van der Waals surface area contributed by atoms with Gasteiger partial charge in [0.05, 0.1) is 0 Å². The summed E-state index contributed by atoms with van der Waals surface area (Å²) in [5.41, 5.74) is 7.71. The maximum atomic E-state index is 13.0. The number of rotatable bonds is 4. The van der Waals surface area contributed by atoms with E-state index in [2.05, 4.69) is 10.6 Å². The number of benzene rings is 2. The van der Waals surface area contributed by atoms with E-state index < -0.39 is 0 Å². The van der Waals surface area contributed by atoms with Gasteiger partial charge in [0.15, 0.2) is 0 Å². The number of carbonyl (C=O) groups excluding carboxylic acids is 1. The average molecular weight is 273 g/mol. The van der Waals surface area contributed by atoms with E-state index in [1.54, 1.807) is 30.3 Å². The maximum absolute atomic E-state index is 13.0. The third-order valence-corrected chi connectivity index (χ3v) is 2.76. The van der Waals surface area contributed by atoms with Gasteiger partial charge in [-0.05, 0) is 48.4 Å². The maximum Gasteiger partial charge on any atom is 0.319 e. The molecule has 5 heteroatoms. The summed E-state index contributed by atoms with van der Waals surface area (Å²) in [6, 6.07) is 12.9. The van der Waals surface area contributed by atoms with Gasteiger partial charge in [-0.25, -0.2) is 9.18 Å². The Morgan fingerprint density at radius 1 is 1.15 bits per heavy atom. The van der Waals surface area contributed by atoms with Crippen LogP contribution in [0.5, 0.6) is 0 Å². The zero-order valence-electron chi connectivity index (χ0n) is 10.9. The number of urea groups is 1. The normalized spacial score (nSPS) is 10.1. The first-order valence-electron chi connectivity index (χ1n) is 6.28. The van der Waals surface area contributed by atoms with E-state index in [0.29, 0.717) is 24.3 Å². The molecule has 0 saturated carbocycles. The van der Waals surface area contributed by atoms with E-state index in [1.807, 2.05) is 6.07 Å². The minimum absolute atomic E-state index is 0.270. The van der Waals surface area contributed by atoms with Crippen LogP contribution in [-0.2, 0) is 6.42 Å². The molecule has 0 heterocycles. The van der Waals surface area contributed by atoms with Crippen molar-refractivity contribution in [2.45, 2.75) is 6.42 Å². The second kappa shape index (κ2) is 6.56. The molecule has 0 atom stereocenters. The lowest BCUT2D eigenvalue weighted by atomic mass is 10.1. The fourth-order valence-electron chi connectivity index (χ4n) is 1.75. The second-order valence-electron chi connectivity index (χ2n) is 4.38. The van der Waals surface area contributed by atoms with Crippen molar-refractivity contribution in [1.29, 1.82) is 0 Å². The number of nitrogens with one attached hydrogen (secondary N) is 2.